The number of fused-ring (bicyclic) bond motifs is 1. The van der Waals surface area contributed by atoms with Crippen LogP contribution in [0.4, 0.5) is 4.39 Å². The Morgan fingerprint density at radius 1 is 1.14 bits per heavy atom. The van der Waals surface area contributed by atoms with Gasteiger partial charge in [-0.2, -0.15) is 0 Å². The van der Waals surface area contributed by atoms with E-state index in [4.69, 9.17) is 11.6 Å². The molecule has 0 aliphatic heterocycles. The van der Waals surface area contributed by atoms with Gasteiger partial charge >= 0.3 is 0 Å². The molecule has 0 aliphatic rings. The number of aryl methyl sites for hydroxylation is 1. The minimum atomic E-state index is -0.320. The van der Waals surface area contributed by atoms with Crippen molar-refractivity contribution in [2.24, 2.45) is 0 Å². The molecule has 0 atom stereocenters. The molecule has 3 aromatic rings. The van der Waals surface area contributed by atoms with E-state index in [9.17, 15) is 9.18 Å². The van der Waals surface area contributed by atoms with Crippen LogP contribution in [0.2, 0.25) is 5.02 Å². The second kappa shape index (κ2) is 5.26. The summed E-state index contributed by atoms with van der Waals surface area (Å²) in [7, 11) is 0. The lowest BCUT2D eigenvalue weighted by atomic mass is 9.95. The molecule has 0 bridgehead atoms. The smallest absolute Gasteiger partial charge is 0.152 e. The van der Waals surface area contributed by atoms with Crippen LogP contribution >= 0.6 is 11.6 Å². The predicted molar refractivity (Wildman–Crippen MR) is 82.3 cm³/mol. The third-order valence-electron chi connectivity index (χ3n) is 3.43. The van der Waals surface area contributed by atoms with Gasteiger partial charge in [0.05, 0.1) is 5.52 Å². The Balaban J connectivity index is 2.44. The number of benzene rings is 2. The molecule has 0 saturated heterocycles. The quantitative estimate of drug-likeness (QED) is 0.635. The molecular formula is C17H11ClFNO. The number of halogens is 2. The highest BCUT2D eigenvalue weighted by molar-refractivity contribution is 6.31. The van der Waals surface area contributed by atoms with E-state index in [2.05, 4.69) is 4.98 Å². The molecule has 2 nitrogen and oxygen atoms in total. The molecule has 0 saturated carbocycles. The number of hydrogen-bond acceptors (Lipinski definition) is 2. The zero-order chi connectivity index (χ0) is 15.0. The van der Waals surface area contributed by atoms with Crippen molar-refractivity contribution < 1.29 is 9.18 Å². The van der Waals surface area contributed by atoms with Crippen LogP contribution in [-0.4, -0.2) is 11.3 Å². The molecule has 1 heterocycles. The standard InChI is InChI=1S/C17H11ClFNO/c1-10-15(9-21)17(11-2-5-13(19)6-3-11)14-8-12(18)4-7-16(14)20-10/h2-9H,1H3. The minimum absolute atomic E-state index is 0.320. The molecule has 21 heavy (non-hydrogen) atoms. The summed E-state index contributed by atoms with van der Waals surface area (Å²) in [6, 6.07) is 11.4. The number of aromatic nitrogens is 1. The average Bonchev–Trinajstić information content (AvgIpc) is 2.47. The fourth-order valence-corrected chi connectivity index (χ4v) is 2.62. The minimum Gasteiger partial charge on any atom is -0.298 e. The fraction of sp³-hybridized carbons (Fsp3) is 0.0588. The van der Waals surface area contributed by atoms with E-state index in [1.54, 1.807) is 31.2 Å². The van der Waals surface area contributed by atoms with Gasteiger partial charge in [0.1, 0.15) is 5.82 Å². The van der Waals surface area contributed by atoms with Crippen molar-refractivity contribution in [3.05, 3.63) is 64.6 Å². The number of carbonyl (C=O) groups excluding carboxylic acids is 1. The molecule has 0 unspecified atom stereocenters. The first kappa shape index (κ1) is 13.7. The number of pyridine rings is 1. The normalized spacial score (nSPS) is 10.8. The van der Waals surface area contributed by atoms with E-state index in [0.29, 0.717) is 16.3 Å². The summed E-state index contributed by atoms with van der Waals surface area (Å²) in [4.78, 5) is 15.9. The highest BCUT2D eigenvalue weighted by Gasteiger charge is 2.14. The second-order valence-electron chi connectivity index (χ2n) is 4.77. The summed E-state index contributed by atoms with van der Waals surface area (Å²) in [5.74, 6) is -0.320. The lowest BCUT2D eigenvalue weighted by Gasteiger charge is -2.12. The summed E-state index contributed by atoms with van der Waals surface area (Å²) < 4.78 is 13.1. The average molecular weight is 300 g/mol. The van der Waals surface area contributed by atoms with Crippen LogP contribution in [0.3, 0.4) is 0 Å². The van der Waals surface area contributed by atoms with Crippen molar-refractivity contribution in [1.82, 2.24) is 4.98 Å². The van der Waals surface area contributed by atoms with Gasteiger partial charge in [0.2, 0.25) is 0 Å². The van der Waals surface area contributed by atoms with Crippen molar-refractivity contribution in [1.29, 1.82) is 0 Å². The highest BCUT2D eigenvalue weighted by Crippen LogP contribution is 2.33. The molecule has 0 aliphatic carbocycles. The number of carbonyl (C=O) groups is 1. The summed E-state index contributed by atoms with van der Waals surface area (Å²) >= 11 is 6.06. The Bertz CT molecular complexity index is 844. The maximum Gasteiger partial charge on any atom is 0.152 e. The van der Waals surface area contributed by atoms with Gasteiger partial charge in [-0.15, -0.1) is 0 Å². The van der Waals surface area contributed by atoms with Crippen molar-refractivity contribution >= 4 is 28.8 Å². The van der Waals surface area contributed by atoms with E-state index in [-0.39, 0.29) is 5.82 Å². The highest BCUT2D eigenvalue weighted by atomic mass is 35.5. The number of aldehydes is 1. The van der Waals surface area contributed by atoms with Gasteiger partial charge in [-0.05, 0) is 42.8 Å². The van der Waals surface area contributed by atoms with E-state index in [0.717, 1.165) is 28.3 Å². The van der Waals surface area contributed by atoms with Crippen molar-refractivity contribution in [3.63, 3.8) is 0 Å². The van der Waals surface area contributed by atoms with Gasteiger partial charge in [0, 0.05) is 27.2 Å². The van der Waals surface area contributed by atoms with Crippen molar-refractivity contribution in [2.45, 2.75) is 6.92 Å². The summed E-state index contributed by atoms with van der Waals surface area (Å²) in [5.41, 5.74) is 3.38. The predicted octanol–water partition coefficient (Wildman–Crippen LogP) is 4.82. The largest absolute Gasteiger partial charge is 0.298 e. The topological polar surface area (TPSA) is 30.0 Å². The molecule has 1 aromatic heterocycles. The van der Waals surface area contributed by atoms with Crippen molar-refractivity contribution in [2.75, 3.05) is 0 Å². The van der Waals surface area contributed by atoms with Gasteiger partial charge in [-0.1, -0.05) is 23.7 Å². The van der Waals surface area contributed by atoms with E-state index in [1.807, 2.05) is 6.07 Å². The van der Waals surface area contributed by atoms with Crippen LogP contribution in [0.5, 0.6) is 0 Å². The Kier molecular flexibility index (Phi) is 3.43. The maximum atomic E-state index is 13.1. The number of rotatable bonds is 2. The Labute approximate surface area is 126 Å². The van der Waals surface area contributed by atoms with Gasteiger partial charge < -0.3 is 0 Å². The van der Waals surface area contributed by atoms with Crippen molar-refractivity contribution in [3.8, 4) is 11.1 Å². The first-order valence-electron chi connectivity index (χ1n) is 6.41. The lowest BCUT2D eigenvalue weighted by molar-refractivity contribution is 0.112. The molecule has 3 rings (SSSR count). The molecule has 0 amide bonds. The summed E-state index contributed by atoms with van der Waals surface area (Å²) in [5, 5.41) is 1.34. The van der Waals surface area contributed by atoms with E-state index in [1.165, 1.54) is 12.1 Å². The van der Waals surface area contributed by atoms with Gasteiger partial charge in [-0.3, -0.25) is 9.78 Å². The van der Waals surface area contributed by atoms with Gasteiger partial charge in [-0.25, -0.2) is 4.39 Å². The van der Waals surface area contributed by atoms with Crippen LogP contribution in [0.25, 0.3) is 22.0 Å². The first-order valence-corrected chi connectivity index (χ1v) is 6.79. The third kappa shape index (κ3) is 2.41. The molecule has 4 heteroatoms. The van der Waals surface area contributed by atoms with Gasteiger partial charge in [0.25, 0.3) is 0 Å². The van der Waals surface area contributed by atoms with E-state index >= 15 is 0 Å². The van der Waals surface area contributed by atoms with Gasteiger partial charge in [0.15, 0.2) is 6.29 Å². The summed E-state index contributed by atoms with van der Waals surface area (Å²) in [6.45, 7) is 1.78. The molecule has 0 radical (unpaired) electrons. The third-order valence-corrected chi connectivity index (χ3v) is 3.66. The van der Waals surface area contributed by atoms with Crippen LogP contribution in [-0.2, 0) is 0 Å². The molecule has 0 spiro atoms. The van der Waals surface area contributed by atoms with E-state index < -0.39 is 0 Å². The molecular weight excluding hydrogens is 289 g/mol. The van der Waals surface area contributed by atoms with Crippen LogP contribution in [0, 0.1) is 12.7 Å². The molecule has 104 valence electrons. The maximum absolute atomic E-state index is 13.1. The number of hydrogen-bond donors (Lipinski definition) is 0. The van der Waals surface area contributed by atoms with Crippen LogP contribution in [0.1, 0.15) is 16.1 Å². The zero-order valence-corrected chi connectivity index (χ0v) is 12.0. The Morgan fingerprint density at radius 2 is 1.86 bits per heavy atom. The molecule has 2 aromatic carbocycles. The Hall–Kier alpha value is -2.26. The van der Waals surface area contributed by atoms with Crippen LogP contribution in [0.15, 0.2) is 42.5 Å². The second-order valence-corrected chi connectivity index (χ2v) is 5.21. The molecule has 0 fully saturated rings. The SMILES string of the molecule is Cc1nc2ccc(Cl)cc2c(-c2ccc(F)cc2)c1C=O. The summed E-state index contributed by atoms with van der Waals surface area (Å²) in [6.07, 6.45) is 0.779. The number of nitrogens with zero attached hydrogens (tertiary/aromatic N) is 1. The zero-order valence-electron chi connectivity index (χ0n) is 11.2. The molecule has 0 N–H and O–H groups in total. The monoisotopic (exact) mass is 299 g/mol. The fourth-order valence-electron chi connectivity index (χ4n) is 2.44. The first-order chi connectivity index (χ1) is 10.1. The lowest BCUT2D eigenvalue weighted by Crippen LogP contribution is -1.98. The van der Waals surface area contributed by atoms with Crippen LogP contribution < -0.4 is 0 Å². The Morgan fingerprint density at radius 3 is 2.52 bits per heavy atom.